The predicted octanol–water partition coefficient (Wildman–Crippen LogP) is 2.37. The molecule has 17 heavy (non-hydrogen) atoms. The molecule has 0 atom stereocenters. The van der Waals surface area contributed by atoms with Crippen LogP contribution in [0.15, 0.2) is 23.3 Å². The maximum absolute atomic E-state index is 12.0. The standard InChI is InChI=1S/C13H15N3O/c17-13-12(9-4-2-1-3-5-9)15-11-8-14-7-6-10(11)16-13/h6-9H,1-5H2,(H,16,17). The summed E-state index contributed by atoms with van der Waals surface area (Å²) in [6.07, 6.45) is 9.23. The lowest BCUT2D eigenvalue weighted by Gasteiger charge is -2.20. The molecule has 4 nitrogen and oxygen atoms in total. The zero-order chi connectivity index (χ0) is 11.7. The topological polar surface area (TPSA) is 58.6 Å². The van der Waals surface area contributed by atoms with Crippen molar-refractivity contribution in [2.24, 2.45) is 0 Å². The van der Waals surface area contributed by atoms with E-state index in [1.165, 1.54) is 19.3 Å². The Bertz CT molecular complexity index is 584. The van der Waals surface area contributed by atoms with Gasteiger partial charge in [-0.1, -0.05) is 19.3 Å². The highest BCUT2D eigenvalue weighted by Gasteiger charge is 2.20. The molecule has 1 aliphatic carbocycles. The summed E-state index contributed by atoms with van der Waals surface area (Å²) in [7, 11) is 0. The first-order chi connectivity index (χ1) is 8.34. The number of aromatic nitrogens is 3. The van der Waals surface area contributed by atoms with Crippen molar-refractivity contribution < 1.29 is 0 Å². The average Bonchev–Trinajstić information content (AvgIpc) is 2.39. The molecule has 1 aliphatic rings. The van der Waals surface area contributed by atoms with Gasteiger partial charge in [-0.2, -0.15) is 0 Å². The Balaban J connectivity index is 2.09. The number of H-pyrrole nitrogens is 1. The normalized spacial score (nSPS) is 17.4. The minimum atomic E-state index is -0.0319. The number of pyridine rings is 1. The van der Waals surface area contributed by atoms with Gasteiger partial charge in [0.15, 0.2) is 0 Å². The first kappa shape index (κ1) is 10.4. The van der Waals surface area contributed by atoms with Crippen LogP contribution in [0.4, 0.5) is 0 Å². The van der Waals surface area contributed by atoms with Crippen LogP contribution in [0.1, 0.15) is 43.7 Å². The van der Waals surface area contributed by atoms with Crippen molar-refractivity contribution in [3.8, 4) is 0 Å². The fraction of sp³-hybridized carbons (Fsp3) is 0.462. The zero-order valence-electron chi connectivity index (χ0n) is 9.65. The molecule has 0 unspecified atom stereocenters. The second-order valence-corrected chi connectivity index (χ2v) is 4.68. The number of aromatic amines is 1. The summed E-state index contributed by atoms with van der Waals surface area (Å²) in [5.74, 6) is 0.331. The fourth-order valence-corrected chi connectivity index (χ4v) is 2.60. The number of hydrogen-bond acceptors (Lipinski definition) is 3. The Morgan fingerprint density at radius 2 is 2.06 bits per heavy atom. The van der Waals surface area contributed by atoms with Gasteiger partial charge in [-0.3, -0.25) is 9.78 Å². The van der Waals surface area contributed by atoms with Crippen LogP contribution < -0.4 is 5.56 Å². The highest BCUT2D eigenvalue weighted by molar-refractivity contribution is 5.72. The molecular formula is C13H15N3O. The summed E-state index contributed by atoms with van der Waals surface area (Å²) in [5, 5.41) is 0. The molecule has 2 heterocycles. The number of nitrogens with zero attached hydrogens (tertiary/aromatic N) is 2. The molecule has 0 radical (unpaired) electrons. The smallest absolute Gasteiger partial charge is 0.270 e. The summed E-state index contributed by atoms with van der Waals surface area (Å²) < 4.78 is 0. The minimum absolute atomic E-state index is 0.0319. The van der Waals surface area contributed by atoms with Gasteiger partial charge in [0.25, 0.3) is 5.56 Å². The Morgan fingerprint density at radius 3 is 2.88 bits per heavy atom. The molecule has 4 heteroatoms. The highest BCUT2D eigenvalue weighted by atomic mass is 16.1. The summed E-state index contributed by atoms with van der Waals surface area (Å²) in [4.78, 5) is 23.4. The molecular weight excluding hydrogens is 214 g/mol. The molecule has 0 aromatic carbocycles. The van der Waals surface area contributed by atoms with E-state index in [1.807, 2.05) is 0 Å². The molecule has 0 aliphatic heterocycles. The largest absolute Gasteiger partial charge is 0.319 e. The van der Waals surface area contributed by atoms with Crippen LogP contribution in [0.2, 0.25) is 0 Å². The van der Waals surface area contributed by atoms with Gasteiger partial charge in [0, 0.05) is 12.1 Å². The second kappa shape index (κ2) is 4.28. The van der Waals surface area contributed by atoms with E-state index >= 15 is 0 Å². The van der Waals surface area contributed by atoms with E-state index in [0.29, 0.717) is 11.6 Å². The maximum Gasteiger partial charge on any atom is 0.270 e. The Labute approximate surface area is 99.1 Å². The Hall–Kier alpha value is -1.71. The molecule has 0 amide bonds. The third kappa shape index (κ3) is 1.95. The second-order valence-electron chi connectivity index (χ2n) is 4.68. The monoisotopic (exact) mass is 229 g/mol. The van der Waals surface area contributed by atoms with Crippen LogP contribution >= 0.6 is 0 Å². The molecule has 1 N–H and O–H groups in total. The maximum atomic E-state index is 12.0. The van der Waals surface area contributed by atoms with E-state index in [0.717, 1.165) is 23.9 Å². The van der Waals surface area contributed by atoms with Gasteiger partial charge >= 0.3 is 0 Å². The lowest BCUT2D eigenvalue weighted by Crippen LogP contribution is -2.20. The molecule has 0 bridgehead atoms. The van der Waals surface area contributed by atoms with E-state index in [9.17, 15) is 4.79 Å². The van der Waals surface area contributed by atoms with Crippen LogP contribution in [0.5, 0.6) is 0 Å². The fourth-order valence-electron chi connectivity index (χ4n) is 2.60. The zero-order valence-corrected chi connectivity index (χ0v) is 9.65. The predicted molar refractivity (Wildman–Crippen MR) is 66.0 cm³/mol. The van der Waals surface area contributed by atoms with Crippen LogP contribution in [-0.4, -0.2) is 15.0 Å². The van der Waals surface area contributed by atoms with Gasteiger partial charge in [0.1, 0.15) is 11.2 Å². The molecule has 2 aromatic heterocycles. The number of hydrogen-bond donors (Lipinski definition) is 1. The van der Waals surface area contributed by atoms with E-state index in [-0.39, 0.29) is 5.56 Å². The summed E-state index contributed by atoms with van der Waals surface area (Å²) in [6, 6.07) is 1.79. The SMILES string of the molecule is O=c1[nH]c2ccncc2nc1C1CCCCC1. The van der Waals surface area contributed by atoms with Crippen LogP contribution in [0, 0.1) is 0 Å². The van der Waals surface area contributed by atoms with Gasteiger partial charge in [-0.05, 0) is 18.9 Å². The van der Waals surface area contributed by atoms with Crippen molar-refractivity contribution in [2.75, 3.05) is 0 Å². The first-order valence-electron chi connectivity index (χ1n) is 6.18. The summed E-state index contributed by atoms with van der Waals surface area (Å²) >= 11 is 0. The van der Waals surface area contributed by atoms with Crippen LogP contribution in [-0.2, 0) is 0 Å². The van der Waals surface area contributed by atoms with Crippen molar-refractivity contribution in [1.29, 1.82) is 0 Å². The van der Waals surface area contributed by atoms with E-state index in [4.69, 9.17) is 0 Å². The number of fused-ring (bicyclic) bond motifs is 1. The highest BCUT2D eigenvalue weighted by Crippen LogP contribution is 2.30. The van der Waals surface area contributed by atoms with E-state index in [2.05, 4.69) is 15.0 Å². The number of rotatable bonds is 1. The van der Waals surface area contributed by atoms with Gasteiger partial charge < -0.3 is 4.98 Å². The average molecular weight is 229 g/mol. The quantitative estimate of drug-likeness (QED) is 0.816. The first-order valence-corrected chi connectivity index (χ1v) is 6.18. The minimum Gasteiger partial charge on any atom is -0.319 e. The van der Waals surface area contributed by atoms with Crippen LogP contribution in [0.25, 0.3) is 11.0 Å². The van der Waals surface area contributed by atoms with Crippen LogP contribution in [0.3, 0.4) is 0 Å². The molecule has 3 rings (SSSR count). The summed E-state index contributed by atoms with van der Waals surface area (Å²) in [6.45, 7) is 0. The van der Waals surface area contributed by atoms with E-state index in [1.54, 1.807) is 18.5 Å². The van der Waals surface area contributed by atoms with Crippen molar-refractivity contribution >= 4 is 11.0 Å². The Morgan fingerprint density at radius 1 is 1.24 bits per heavy atom. The third-order valence-electron chi connectivity index (χ3n) is 3.51. The molecule has 0 saturated heterocycles. The van der Waals surface area contributed by atoms with Gasteiger partial charge in [0.05, 0.1) is 11.7 Å². The molecule has 0 spiro atoms. The van der Waals surface area contributed by atoms with Crippen molar-refractivity contribution in [3.05, 3.63) is 34.5 Å². The molecule has 1 fully saturated rings. The van der Waals surface area contributed by atoms with E-state index < -0.39 is 0 Å². The lowest BCUT2D eigenvalue weighted by atomic mass is 9.87. The molecule has 2 aromatic rings. The van der Waals surface area contributed by atoms with Crippen molar-refractivity contribution in [2.45, 2.75) is 38.0 Å². The summed E-state index contributed by atoms with van der Waals surface area (Å²) in [5.41, 5.74) is 2.22. The van der Waals surface area contributed by atoms with Gasteiger partial charge in [-0.25, -0.2) is 4.98 Å². The lowest BCUT2D eigenvalue weighted by molar-refractivity contribution is 0.434. The Kier molecular flexibility index (Phi) is 2.63. The van der Waals surface area contributed by atoms with Gasteiger partial charge in [0.2, 0.25) is 0 Å². The third-order valence-corrected chi connectivity index (χ3v) is 3.51. The van der Waals surface area contributed by atoms with Gasteiger partial charge in [-0.15, -0.1) is 0 Å². The van der Waals surface area contributed by atoms with Crippen molar-refractivity contribution in [1.82, 2.24) is 15.0 Å². The van der Waals surface area contributed by atoms with Crippen molar-refractivity contribution in [3.63, 3.8) is 0 Å². The molecule has 88 valence electrons. The number of nitrogens with one attached hydrogen (secondary N) is 1. The molecule has 1 saturated carbocycles.